The normalized spacial score (nSPS) is 13.5. The third-order valence-electron chi connectivity index (χ3n) is 4.68. The number of carbonyl (C=O) groups is 1. The highest BCUT2D eigenvalue weighted by atomic mass is 35.5. The van der Waals surface area contributed by atoms with Gasteiger partial charge in [-0.25, -0.2) is 14.5 Å². The van der Waals surface area contributed by atoms with E-state index < -0.39 is 5.60 Å². The van der Waals surface area contributed by atoms with Crippen molar-refractivity contribution >= 4 is 29.1 Å². The SMILES string of the molecule is COc1c(Nc2cnnc(Cl)c2)cccc1-c1nc2n(n1)CCN(C(=O)OC(C)(C)C)C2. The highest BCUT2D eigenvalue weighted by molar-refractivity contribution is 6.29. The molecule has 0 radical (unpaired) electrons. The molecule has 32 heavy (non-hydrogen) atoms. The van der Waals surface area contributed by atoms with E-state index in [1.165, 1.54) is 0 Å². The van der Waals surface area contributed by atoms with Crippen LogP contribution in [0.4, 0.5) is 16.2 Å². The summed E-state index contributed by atoms with van der Waals surface area (Å²) in [4.78, 5) is 18.7. The zero-order chi connectivity index (χ0) is 22.9. The number of methoxy groups -OCH3 is 1. The first-order valence-electron chi connectivity index (χ1n) is 10.1. The van der Waals surface area contributed by atoms with E-state index in [-0.39, 0.29) is 11.2 Å². The van der Waals surface area contributed by atoms with Crippen LogP contribution in [0, 0.1) is 0 Å². The van der Waals surface area contributed by atoms with Crippen molar-refractivity contribution in [3.05, 3.63) is 41.4 Å². The van der Waals surface area contributed by atoms with Crippen molar-refractivity contribution in [1.82, 2.24) is 29.9 Å². The number of hydrogen-bond donors (Lipinski definition) is 1. The first-order valence-corrected chi connectivity index (χ1v) is 10.5. The van der Waals surface area contributed by atoms with Crippen molar-refractivity contribution in [2.24, 2.45) is 0 Å². The average Bonchev–Trinajstić information content (AvgIpc) is 3.15. The first kappa shape index (κ1) is 21.8. The Balaban J connectivity index is 1.60. The van der Waals surface area contributed by atoms with Gasteiger partial charge in [0.15, 0.2) is 16.7 Å². The molecule has 0 unspecified atom stereocenters. The van der Waals surface area contributed by atoms with Crippen LogP contribution in [0.2, 0.25) is 5.15 Å². The molecule has 0 atom stereocenters. The quantitative estimate of drug-likeness (QED) is 0.628. The minimum Gasteiger partial charge on any atom is -0.494 e. The molecule has 0 aliphatic carbocycles. The third kappa shape index (κ3) is 4.75. The Morgan fingerprint density at radius 1 is 1.25 bits per heavy atom. The van der Waals surface area contributed by atoms with Crippen molar-refractivity contribution in [3.8, 4) is 17.1 Å². The largest absolute Gasteiger partial charge is 0.494 e. The summed E-state index contributed by atoms with van der Waals surface area (Å²) in [5.41, 5.74) is 1.54. The Morgan fingerprint density at radius 3 is 2.78 bits per heavy atom. The molecule has 1 aliphatic heterocycles. The predicted molar refractivity (Wildman–Crippen MR) is 119 cm³/mol. The minimum absolute atomic E-state index is 0.281. The van der Waals surface area contributed by atoms with Gasteiger partial charge in [0.05, 0.1) is 43.3 Å². The van der Waals surface area contributed by atoms with Gasteiger partial charge in [-0.05, 0) is 32.9 Å². The lowest BCUT2D eigenvalue weighted by molar-refractivity contribution is 0.0190. The molecule has 0 saturated heterocycles. The molecular formula is C21H24ClN7O3. The van der Waals surface area contributed by atoms with Crippen molar-refractivity contribution < 1.29 is 14.3 Å². The molecule has 2 aromatic heterocycles. The predicted octanol–water partition coefficient (Wildman–Crippen LogP) is 3.89. The number of carbonyl (C=O) groups excluding carboxylic acids is 1. The van der Waals surface area contributed by atoms with E-state index in [1.54, 1.807) is 24.3 Å². The number of benzene rings is 1. The van der Waals surface area contributed by atoms with E-state index in [4.69, 9.17) is 21.1 Å². The zero-order valence-corrected chi connectivity index (χ0v) is 19.0. The van der Waals surface area contributed by atoms with E-state index in [0.29, 0.717) is 48.4 Å². The monoisotopic (exact) mass is 457 g/mol. The molecule has 0 fully saturated rings. The molecule has 0 bridgehead atoms. The van der Waals surface area contributed by atoms with E-state index in [0.717, 1.165) is 5.56 Å². The Hall–Kier alpha value is -3.40. The standard InChI is InChI=1S/C21H24ClN7O3/c1-21(2,3)32-20(30)28-8-9-29-17(12-28)25-19(27-29)14-6-5-7-15(18(14)31-4)24-13-10-16(22)26-23-11-13/h5-7,10-11H,8-9,12H2,1-4H3,(H,24,26). The molecule has 11 heteroatoms. The third-order valence-corrected chi connectivity index (χ3v) is 4.86. The Morgan fingerprint density at radius 2 is 2.06 bits per heavy atom. The van der Waals surface area contributed by atoms with Crippen LogP contribution >= 0.6 is 11.6 Å². The van der Waals surface area contributed by atoms with Gasteiger partial charge in [-0.2, -0.15) is 10.2 Å². The Labute approximate surface area is 190 Å². The first-order chi connectivity index (χ1) is 15.2. The number of aromatic nitrogens is 5. The fourth-order valence-electron chi connectivity index (χ4n) is 3.33. The number of halogens is 1. The van der Waals surface area contributed by atoms with Gasteiger partial charge < -0.3 is 14.8 Å². The molecule has 0 saturated carbocycles. The number of fused-ring (bicyclic) bond motifs is 1. The van der Waals surface area contributed by atoms with Gasteiger partial charge in [-0.3, -0.25) is 4.90 Å². The Kier molecular flexibility index (Phi) is 5.88. The number of rotatable bonds is 4. The van der Waals surface area contributed by atoms with Gasteiger partial charge in [-0.15, -0.1) is 5.10 Å². The number of nitrogens with zero attached hydrogens (tertiary/aromatic N) is 6. The summed E-state index contributed by atoms with van der Waals surface area (Å²) in [5.74, 6) is 1.77. The van der Waals surface area contributed by atoms with E-state index >= 15 is 0 Å². The number of amides is 1. The number of para-hydroxylation sites is 1. The average molecular weight is 458 g/mol. The molecule has 10 nitrogen and oxygen atoms in total. The number of hydrogen-bond acceptors (Lipinski definition) is 8. The minimum atomic E-state index is -0.553. The van der Waals surface area contributed by atoms with Crippen molar-refractivity contribution in [2.45, 2.75) is 39.5 Å². The number of anilines is 2. The second-order valence-corrected chi connectivity index (χ2v) is 8.64. The summed E-state index contributed by atoms with van der Waals surface area (Å²) in [7, 11) is 1.59. The van der Waals surface area contributed by atoms with Crippen LogP contribution in [0.1, 0.15) is 26.6 Å². The summed E-state index contributed by atoms with van der Waals surface area (Å²) in [5, 5.41) is 15.7. The molecule has 0 spiro atoms. The second kappa shape index (κ2) is 8.62. The van der Waals surface area contributed by atoms with E-state index in [9.17, 15) is 4.79 Å². The molecule has 1 amide bonds. The van der Waals surface area contributed by atoms with Crippen molar-refractivity contribution in [2.75, 3.05) is 19.0 Å². The summed E-state index contributed by atoms with van der Waals surface area (Å²) in [6, 6.07) is 7.30. The maximum atomic E-state index is 12.4. The molecular weight excluding hydrogens is 434 g/mol. The van der Waals surface area contributed by atoms with E-state index in [1.807, 2.05) is 43.7 Å². The highest BCUT2D eigenvalue weighted by Gasteiger charge is 2.28. The lowest BCUT2D eigenvalue weighted by atomic mass is 10.1. The summed E-state index contributed by atoms with van der Waals surface area (Å²) < 4.78 is 13.0. The van der Waals surface area contributed by atoms with Crippen molar-refractivity contribution in [1.29, 1.82) is 0 Å². The van der Waals surface area contributed by atoms with Crippen LogP contribution in [0.3, 0.4) is 0 Å². The summed E-state index contributed by atoms with van der Waals surface area (Å²) >= 11 is 5.93. The molecule has 3 aromatic rings. The van der Waals surface area contributed by atoms with Crippen LogP contribution in [-0.4, -0.2) is 55.2 Å². The zero-order valence-electron chi connectivity index (χ0n) is 18.3. The topological polar surface area (TPSA) is 107 Å². The van der Waals surface area contributed by atoms with Crippen LogP contribution in [0.5, 0.6) is 5.75 Å². The van der Waals surface area contributed by atoms with Gasteiger partial charge in [0.1, 0.15) is 11.4 Å². The van der Waals surface area contributed by atoms with Crippen LogP contribution in [-0.2, 0) is 17.8 Å². The van der Waals surface area contributed by atoms with Crippen molar-refractivity contribution in [3.63, 3.8) is 0 Å². The fourth-order valence-corrected chi connectivity index (χ4v) is 3.49. The van der Waals surface area contributed by atoms with Crippen LogP contribution < -0.4 is 10.1 Å². The van der Waals surface area contributed by atoms with Gasteiger partial charge in [0.2, 0.25) is 0 Å². The van der Waals surface area contributed by atoms with Gasteiger partial charge in [0.25, 0.3) is 0 Å². The number of nitrogens with one attached hydrogen (secondary N) is 1. The molecule has 3 heterocycles. The maximum absolute atomic E-state index is 12.4. The molecule has 168 valence electrons. The molecule has 1 aliphatic rings. The fraction of sp³-hybridized carbons (Fsp3) is 0.381. The number of ether oxygens (including phenoxy) is 2. The van der Waals surface area contributed by atoms with E-state index in [2.05, 4.69) is 25.6 Å². The molecule has 4 rings (SSSR count). The van der Waals surface area contributed by atoms with Gasteiger partial charge in [-0.1, -0.05) is 17.7 Å². The van der Waals surface area contributed by atoms with Crippen LogP contribution in [0.25, 0.3) is 11.4 Å². The van der Waals surface area contributed by atoms with Gasteiger partial charge >= 0.3 is 6.09 Å². The Bertz CT molecular complexity index is 1140. The lowest BCUT2D eigenvalue weighted by Crippen LogP contribution is -2.41. The van der Waals surface area contributed by atoms with Crippen LogP contribution in [0.15, 0.2) is 30.5 Å². The summed E-state index contributed by atoms with van der Waals surface area (Å²) in [6.45, 7) is 6.89. The molecule has 1 aromatic carbocycles. The lowest BCUT2D eigenvalue weighted by Gasteiger charge is -2.29. The summed E-state index contributed by atoms with van der Waals surface area (Å²) in [6.07, 6.45) is 1.21. The smallest absolute Gasteiger partial charge is 0.410 e. The molecule has 1 N–H and O–H groups in total. The highest BCUT2D eigenvalue weighted by Crippen LogP contribution is 2.37. The van der Waals surface area contributed by atoms with Gasteiger partial charge in [0, 0.05) is 12.6 Å². The second-order valence-electron chi connectivity index (χ2n) is 8.26. The maximum Gasteiger partial charge on any atom is 0.410 e.